The van der Waals surface area contributed by atoms with E-state index in [1.807, 2.05) is 6.20 Å². The molecule has 1 unspecified atom stereocenters. The van der Waals surface area contributed by atoms with Gasteiger partial charge < -0.3 is 4.90 Å². The van der Waals surface area contributed by atoms with Gasteiger partial charge in [0.1, 0.15) is 6.20 Å². The van der Waals surface area contributed by atoms with Crippen LogP contribution in [0.25, 0.3) is 0 Å². The molecule has 0 bridgehead atoms. The summed E-state index contributed by atoms with van der Waals surface area (Å²) in [7, 11) is 0. The minimum Gasteiger partial charge on any atom is -0.320 e. The van der Waals surface area contributed by atoms with Crippen molar-refractivity contribution in [2.45, 2.75) is 12.8 Å². The Balaban J connectivity index is 0.000000265. The fourth-order valence-electron chi connectivity index (χ4n) is 1.28. The standard InChI is InChI=1S/C6H9NO.C5H6N2.CH3Cl/c1-2-7-5-3-4-6(7)8;1-2-7-4-3-6-5-7;1-2/h2H,1,3-5H2;2-5H,1H2;1H3/p+1. The molecule has 2 heterocycles. The third kappa shape index (κ3) is 6.04. The van der Waals surface area contributed by atoms with Crippen LogP contribution >= 0.6 is 11.6 Å². The van der Waals surface area contributed by atoms with Crippen molar-refractivity contribution in [2.75, 3.05) is 12.9 Å². The number of alkyl halides is 1. The highest BCUT2D eigenvalue weighted by molar-refractivity contribution is 6.15. The van der Waals surface area contributed by atoms with Gasteiger partial charge in [-0.05, 0) is 19.2 Å². The average Bonchev–Trinajstić information content (AvgIpc) is 3.03. The first-order valence-electron chi connectivity index (χ1n) is 5.27. The van der Waals surface area contributed by atoms with Gasteiger partial charge in [0.2, 0.25) is 5.91 Å². The first kappa shape index (κ1) is 15.6. The highest BCUT2D eigenvalue weighted by atomic mass is 35.5. The number of quaternary nitrogens is 1. The highest BCUT2D eigenvalue weighted by Crippen LogP contribution is 2.08. The Morgan fingerprint density at radius 2 is 2.24 bits per heavy atom. The van der Waals surface area contributed by atoms with Crippen LogP contribution < -0.4 is 4.90 Å². The predicted octanol–water partition coefficient (Wildman–Crippen LogP) is 1.14. The molecule has 17 heavy (non-hydrogen) atoms. The Morgan fingerprint density at radius 3 is 2.47 bits per heavy atom. The third-order valence-corrected chi connectivity index (χ3v) is 2.14. The minimum absolute atomic E-state index is 0.208. The Morgan fingerprint density at radius 1 is 1.53 bits per heavy atom. The maximum Gasteiger partial charge on any atom is 0.226 e. The number of hydrogen-bond donors (Lipinski definition) is 1. The number of halogens is 1. The van der Waals surface area contributed by atoms with Crippen molar-refractivity contribution < 1.29 is 9.69 Å². The topological polar surface area (TPSA) is 37.1 Å². The molecule has 2 aliphatic rings. The van der Waals surface area contributed by atoms with E-state index < -0.39 is 0 Å². The fraction of sp³-hybridized carbons (Fsp3) is 0.333. The molecule has 0 spiro atoms. The molecule has 4 nitrogen and oxygen atoms in total. The Hall–Kier alpha value is -1.39. The van der Waals surface area contributed by atoms with Crippen LogP contribution in [0.2, 0.25) is 0 Å². The molecule has 1 atom stereocenters. The third-order valence-electron chi connectivity index (χ3n) is 2.14. The summed E-state index contributed by atoms with van der Waals surface area (Å²) in [4.78, 5) is 17.2. The van der Waals surface area contributed by atoms with Crippen molar-refractivity contribution in [2.24, 2.45) is 4.99 Å². The van der Waals surface area contributed by atoms with Crippen molar-refractivity contribution in [3.05, 3.63) is 38.0 Å². The molecule has 1 amide bonds. The molecular weight excluding hydrogens is 238 g/mol. The second kappa shape index (κ2) is 9.81. The zero-order chi connectivity index (χ0) is 13.1. The van der Waals surface area contributed by atoms with Crippen LogP contribution in [-0.4, -0.2) is 30.1 Å². The van der Waals surface area contributed by atoms with Gasteiger partial charge in [0.25, 0.3) is 0 Å². The second-order valence-corrected chi connectivity index (χ2v) is 3.17. The van der Waals surface area contributed by atoms with Crippen LogP contribution in [0.3, 0.4) is 0 Å². The van der Waals surface area contributed by atoms with Gasteiger partial charge in [-0.2, -0.15) is 0 Å². The fourth-order valence-corrected chi connectivity index (χ4v) is 1.28. The summed E-state index contributed by atoms with van der Waals surface area (Å²) in [5, 5.41) is 0. The Kier molecular flexibility index (Phi) is 9.01. The van der Waals surface area contributed by atoms with Crippen LogP contribution in [0.4, 0.5) is 0 Å². The molecule has 0 saturated carbocycles. The Labute approximate surface area is 108 Å². The van der Waals surface area contributed by atoms with Gasteiger partial charge in [0, 0.05) is 19.3 Å². The van der Waals surface area contributed by atoms with E-state index in [-0.39, 0.29) is 5.91 Å². The van der Waals surface area contributed by atoms with Crippen LogP contribution in [-0.2, 0) is 4.79 Å². The van der Waals surface area contributed by atoms with Gasteiger partial charge in [-0.15, -0.1) is 11.6 Å². The molecule has 1 fully saturated rings. The van der Waals surface area contributed by atoms with Crippen molar-refractivity contribution in [3.8, 4) is 0 Å². The first-order valence-corrected chi connectivity index (χ1v) is 6.02. The van der Waals surface area contributed by atoms with Gasteiger partial charge in [-0.25, -0.2) is 9.89 Å². The predicted molar refractivity (Wildman–Crippen MR) is 71.7 cm³/mol. The highest BCUT2D eigenvalue weighted by Gasteiger charge is 2.15. The monoisotopic (exact) mass is 256 g/mol. The average molecular weight is 257 g/mol. The molecule has 0 radical (unpaired) electrons. The van der Waals surface area contributed by atoms with E-state index in [1.165, 1.54) is 6.38 Å². The number of likely N-dealkylation sites (tertiary alicyclic amines) is 1. The van der Waals surface area contributed by atoms with Crippen LogP contribution in [0.15, 0.2) is 43.0 Å². The number of carbonyl (C=O) groups is 1. The zero-order valence-corrected chi connectivity index (χ0v) is 10.9. The van der Waals surface area contributed by atoms with Gasteiger partial charge in [0.05, 0.1) is 12.4 Å². The number of hydrogen-bond acceptors (Lipinski definition) is 2. The van der Waals surface area contributed by atoms with E-state index >= 15 is 0 Å². The Bertz CT molecular complexity index is 301. The maximum absolute atomic E-state index is 10.7. The summed E-state index contributed by atoms with van der Waals surface area (Å²) in [6, 6.07) is 0. The lowest BCUT2D eigenvalue weighted by molar-refractivity contribution is -0.670. The molecule has 5 heteroatoms. The van der Waals surface area contributed by atoms with Crippen LogP contribution in [0.1, 0.15) is 12.8 Å². The number of aliphatic imine (C=N–C) groups is 1. The number of nitrogens with one attached hydrogen (secondary N) is 1. The van der Waals surface area contributed by atoms with Crippen molar-refractivity contribution in [1.29, 1.82) is 0 Å². The number of nitrogens with zero attached hydrogens (tertiary/aromatic N) is 2. The first-order chi connectivity index (χ1) is 8.27. The second-order valence-electron chi connectivity index (χ2n) is 3.17. The van der Waals surface area contributed by atoms with Crippen LogP contribution in [0, 0.1) is 0 Å². The molecule has 2 aliphatic heterocycles. The van der Waals surface area contributed by atoms with Crippen molar-refractivity contribution in [3.63, 3.8) is 0 Å². The molecule has 0 aromatic rings. The number of carbonyl (C=O) groups excluding carboxylic acids is 1. The lowest BCUT2D eigenvalue weighted by atomic mass is 10.4. The van der Waals surface area contributed by atoms with Gasteiger partial charge >= 0.3 is 0 Å². The minimum atomic E-state index is 0.208. The zero-order valence-electron chi connectivity index (χ0n) is 10.1. The molecule has 0 aliphatic carbocycles. The molecule has 1 N–H and O–H groups in total. The van der Waals surface area contributed by atoms with Gasteiger partial charge in [0.15, 0.2) is 6.34 Å². The van der Waals surface area contributed by atoms with Crippen molar-refractivity contribution in [1.82, 2.24) is 4.90 Å². The maximum atomic E-state index is 10.7. The summed E-state index contributed by atoms with van der Waals surface area (Å²) in [6.45, 7) is 7.92. The summed E-state index contributed by atoms with van der Waals surface area (Å²) < 4.78 is 0. The summed E-state index contributed by atoms with van der Waals surface area (Å²) in [5.74, 6) is 0.208. The number of amides is 1. The van der Waals surface area contributed by atoms with Crippen LogP contribution in [0.5, 0.6) is 0 Å². The normalized spacial score (nSPS) is 20.2. The molecule has 94 valence electrons. The quantitative estimate of drug-likeness (QED) is 0.739. The largest absolute Gasteiger partial charge is 0.320 e. The van der Waals surface area contributed by atoms with Gasteiger partial charge in [-0.1, -0.05) is 6.58 Å². The molecule has 0 aromatic heterocycles. The lowest BCUT2D eigenvalue weighted by Crippen LogP contribution is -3.00. The van der Waals surface area contributed by atoms with E-state index in [0.717, 1.165) is 17.9 Å². The number of rotatable bonds is 2. The molecule has 2 rings (SSSR count). The molecule has 0 aromatic carbocycles. The van der Waals surface area contributed by atoms with E-state index in [9.17, 15) is 4.79 Å². The summed E-state index contributed by atoms with van der Waals surface area (Å²) in [6.07, 6.45) is 12.0. The van der Waals surface area contributed by atoms with E-state index in [0.29, 0.717) is 6.42 Å². The lowest BCUT2D eigenvalue weighted by Gasteiger charge is -2.05. The van der Waals surface area contributed by atoms with Crippen molar-refractivity contribution >= 4 is 23.8 Å². The van der Waals surface area contributed by atoms with E-state index in [1.54, 1.807) is 29.8 Å². The molecular formula is C12H19ClN3O+. The SMILES string of the molecule is C=CN1CCCC1=O.C=C[NH+]1C=CN=C1.CCl. The van der Waals surface area contributed by atoms with E-state index in [2.05, 4.69) is 29.8 Å². The summed E-state index contributed by atoms with van der Waals surface area (Å²) in [5.41, 5.74) is 0. The smallest absolute Gasteiger partial charge is 0.226 e. The molecule has 1 saturated heterocycles. The van der Waals surface area contributed by atoms with E-state index in [4.69, 9.17) is 0 Å². The van der Waals surface area contributed by atoms with Gasteiger partial charge in [-0.3, -0.25) is 4.79 Å². The summed E-state index contributed by atoms with van der Waals surface area (Å²) >= 11 is 4.64.